The second-order valence-electron chi connectivity index (χ2n) is 6.67. The first-order valence-corrected chi connectivity index (χ1v) is 8.03. The lowest BCUT2D eigenvalue weighted by Gasteiger charge is -2.38. The minimum absolute atomic E-state index is 0.00328. The van der Waals surface area contributed by atoms with Crippen molar-refractivity contribution < 1.29 is 9.21 Å². The molecule has 2 fully saturated rings. The van der Waals surface area contributed by atoms with Crippen LogP contribution in [0.3, 0.4) is 0 Å². The molecule has 4 rings (SSSR count). The molecule has 2 saturated heterocycles. The number of aromatic nitrogens is 1. The van der Waals surface area contributed by atoms with Crippen LogP contribution in [0.4, 0.5) is 0 Å². The van der Waals surface area contributed by atoms with E-state index in [1.807, 2.05) is 24.0 Å². The van der Waals surface area contributed by atoms with Gasteiger partial charge < -0.3 is 14.6 Å². The van der Waals surface area contributed by atoms with Gasteiger partial charge in [-0.25, -0.2) is 4.98 Å². The summed E-state index contributed by atoms with van der Waals surface area (Å²) in [7, 11) is 0. The smallest absolute Gasteiger partial charge is 0.289 e. The van der Waals surface area contributed by atoms with E-state index in [1.54, 1.807) is 6.07 Å². The lowest BCUT2D eigenvalue weighted by molar-refractivity contribution is 0.0579. The molecular weight excluding hydrogens is 278 g/mol. The zero-order chi connectivity index (χ0) is 15.2. The van der Waals surface area contributed by atoms with Crippen molar-refractivity contribution in [2.45, 2.75) is 26.2 Å². The predicted octanol–water partition coefficient (Wildman–Crippen LogP) is 2.35. The van der Waals surface area contributed by atoms with Crippen LogP contribution >= 0.6 is 0 Å². The van der Waals surface area contributed by atoms with Gasteiger partial charge >= 0.3 is 0 Å². The average Bonchev–Trinajstić information content (AvgIpc) is 3.14. The number of nitrogens with one attached hydrogen (secondary N) is 1. The molecule has 0 atom stereocenters. The normalized spacial score (nSPS) is 20.9. The summed E-state index contributed by atoms with van der Waals surface area (Å²) in [5, 5.41) is 3.45. The molecule has 0 aliphatic carbocycles. The van der Waals surface area contributed by atoms with E-state index < -0.39 is 0 Å². The largest absolute Gasteiger partial charge is 0.449 e. The van der Waals surface area contributed by atoms with E-state index in [0.29, 0.717) is 16.8 Å². The molecule has 0 saturated carbocycles. The number of hydrogen-bond acceptors (Lipinski definition) is 4. The fourth-order valence-electron chi connectivity index (χ4n) is 3.69. The van der Waals surface area contributed by atoms with Crippen molar-refractivity contribution in [3.8, 4) is 0 Å². The lowest BCUT2D eigenvalue weighted by Crippen LogP contribution is -2.43. The SMILES string of the molecule is Cc1ccc2oc(C(=O)N3CCC4(CCNC4)CC3)cc2n1. The van der Waals surface area contributed by atoms with Crippen LogP contribution in [0.2, 0.25) is 0 Å². The summed E-state index contributed by atoms with van der Waals surface area (Å²) in [6.45, 7) is 5.80. The predicted molar refractivity (Wildman–Crippen MR) is 83.8 cm³/mol. The highest BCUT2D eigenvalue weighted by Crippen LogP contribution is 2.37. The highest BCUT2D eigenvalue weighted by molar-refractivity contribution is 5.95. The number of piperidine rings is 1. The zero-order valence-electron chi connectivity index (χ0n) is 12.9. The van der Waals surface area contributed by atoms with Gasteiger partial charge in [0.25, 0.3) is 5.91 Å². The van der Waals surface area contributed by atoms with Crippen molar-refractivity contribution in [1.82, 2.24) is 15.2 Å². The van der Waals surface area contributed by atoms with Gasteiger partial charge in [0.1, 0.15) is 5.52 Å². The van der Waals surface area contributed by atoms with Gasteiger partial charge in [0.05, 0.1) is 0 Å². The molecule has 2 aromatic rings. The summed E-state index contributed by atoms with van der Waals surface area (Å²) >= 11 is 0. The molecule has 5 nitrogen and oxygen atoms in total. The molecule has 0 aromatic carbocycles. The molecule has 5 heteroatoms. The van der Waals surface area contributed by atoms with Crippen molar-refractivity contribution in [1.29, 1.82) is 0 Å². The Hall–Kier alpha value is -1.88. The number of amides is 1. The molecule has 2 aromatic heterocycles. The van der Waals surface area contributed by atoms with Crippen LogP contribution < -0.4 is 5.32 Å². The number of pyridine rings is 1. The molecule has 22 heavy (non-hydrogen) atoms. The number of furan rings is 1. The first-order valence-electron chi connectivity index (χ1n) is 8.03. The Balaban J connectivity index is 1.51. The van der Waals surface area contributed by atoms with Gasteiger partial charge in [-0.3, -0.25) is 4.79 Å². The van der Waals surface area contributed by atoms with Crippen LogP contribution in [0.15, 0.2) is 22.6 Å². The molecule has 1 spiro atoms. The van der Waals surface area contributed by atoms with E-state index in [1.165, 1.54) is 6.42 Å². The van der Waals surface area contributed by atoms with Crippen LogP contribution in [0.5, 0.6) is 0 Å². The maximum absolute atomic E-state index is 12.6. The molecule has 0 unspecified atom stereocenters. The third-order valence-electron chi connectivity index (χ3n) is 5.17. The highest BCUT2D eigenvalue weighted by Gasteiger charge is 2.38. The van der Waals surface area contributed by atoms with Gasteiger partial charge in [-0.05, 0) is 50.3 Å². The summed E-state index contributed by atoms with van der Waals surface area (Å²) < 4.78 is 5.69. The first kappa shape index (κ1) is 13.8. The molecule has 4 heterocycles. The van der Waals surface area contributed by atoms with E-state index >= 15 is 0 Å². The summed E-state index contributed by atoms with van der Waals surface area (Å²) in [4.78, 5) is 19.0. The molecule has 1 amide bonds. The van der Waals surface area contributed by atoms with Crippen LogP contribution in [0.25, 0.3) is 11.1 Å². The van der Waals surface area contributed by atoms with E-state index in [4.69, 9.17) is 4.42 Å². The fraction of sp³-hybridized carbons (Fsp3) is 0.529. The van der Waals surface area contributed by atoms with Crippen LogP contribution in [-0.2, 0) is 0 Å². The second-order valence-corrected chi connectivity index (χ2v) is 6.67. The van der Waals surface area contributed by atoms with E-state index in [2.05, 4.69) is 10.3 Å². The molecule has 2 aliphatic heterocycles. The Bertz CT molecular complexity index is 706. The summed E-state index contributed by atoms with van der Waals surface area (Å²) in [6.07, 6.45) is 3.41. The van der Waals surface area contributed by atoms with Gasteiger partial charge in [-0.1, -0.05) is 0 Å². The fourth-order valence-corrected chi connectivity index (χ4v) is 3.69. The summed E-state index contributed by atoms with van der Waals surface area (Å²) in [5.41, 5.74) is 2.80. The Kier molecular flexibility index (Phi) is 3.18. The minimum atomic E-state index is -0.00328. The third-order valence-corrected chi connectivity index (χ3v) is 5.17. The molecule has 0 radical (unpaired) electrons. The van der Waals surface area contributed by atoms with Crippen LogP contribution in [-0.4, -0.2) is 42.0 Å². The third kappa shape index (κ3) is 2.29. The Morgan fingerprint density at radius 2 is 2.14 bits per heavy atom. The Morgan fingerprint density at radius 3 is 2.86 bits per heavy atom. The molecule has 1 N–H and O–H groups in total. The minimum Gasteiger partial charge on any atom is -0.449 e. The lowest BCUT2D eigenvalue weighted by atomic mass is 9.78. The van der Waals surface area contributed by atoms with Gasteiger partial charge in [0.15, 0.2) is 11.3 Å². The maximum Gasteiger partial charge on any atom is 0.289 e. The van der Waals surface area contributed by atoms with Gasteiger partial charge in [-0.2, -0.15) is 0 Å². The first-order chi connectivity index (χ1) is 10.7. The molecule has 2 aliphatic rings. The van der Waals surface area contributed by atoms with Crippen LogP contribution in [0.1, 0.15) is 35.5 Å². The second kappa shape index (κ2) is 5.09. The number of rotatable bonds is 1. The van der Waals surface area contributed by atoms with Crippen molar-refractivity contribution in [3.05, 3.63) is 29.7 Å². The van der Waals surface area contributed by atoms with Crippen molar-refractivity contribution >= 4 is 17.0 Å². The maximum atomic E-state index is 12.6. The quantitative estimate of drug-likeness (QED) is 0.878. The monoisotopic (exact) mass is 299 g/mol. The van der Waals surface area contributed by atoms with Gasteiger partial charge in [0.2, 0.25) is 0 Å². The van der Waals surface area contributed by atoms with E-state index in [9.17, 15) is 4.79 Å². The number of aryl methyl sites for hydroxylation is 1. The number of hydrogen-bond donors (Lipinski definition) is 1. The van der Waals surface area contributed by atoms with Gasteiger partial charge in [0, 0.05) is 31.4 Å². The standard InChI is InChI=1S/C17H21N3O2/c1-12-2-3-14-13(19-12)10-15(22-14)16(21)20-8-5-17(6-9-20)4-7-18-11-17/h2-3,10,18H,4-9,11H2,1H3. The Labute approximate surface area is 129 Å². The van der Waals surface area contributed by atoms with Crippen molar-refractivity contribution in [3.63, 3.8) is 0 Å². The number of nitrogens with zero attached hydrogens (tertiary/aromatic N) is 2. The number of likely N-dealkylation sites (tertiary alicyclic amines) is 1. The van der Waals surface area contributed by atoms with Gasteiger partial charge in [-0.15, -0.1) is 0 Å². The number of carbonyl (C=O) groups is 1. The van der Waals surface area contributed by atoms with Crippen molar-refractivity contribution in [2.24, 2.45) is 5.41 Å². The number of fused-ring (bicyclic) bond motifs is 1. The van der Waals surface area contributed by atoms with Crippen LogP contribution in [0, 0.1) is 12.3 Å². The average molecular weight is 299 g/mol. The molecule has 116 valence electrons. The summed E-state index contributed by atoms with van der Waals surface area (Å²) in [5.74, 6) is 0.407. The zero-order valence-corrected chi connectivity index (χ0v) is 12.9. The van der Waals surface area contributed by atoms with Crippen molar-refractivity contribution in [2.75, 3.05) is 26.2 Å². The number of carbonyl (C=O) groups excluding carboxylic acids is 1. The molecule has 0 bridgehead atoms. The van der Waals surface area contributed by atoms with E-state index in [-0.39, 0.29) is 5.91 Å². The summed E-state index contributed by atoms with van der Waals surface area (Å²) in [6, 6.07) is 5.55. The molecular formula is C17H21N3O2. The van der Waals surface area contributed by atoms with E-state index in [0.717, 1.165) is 50.2 Å². The Morgan fingerprint density at radius 1 is 1.32 bits per heavy atom. The highest BCUT2D eigenvalue weighted by atomic mass is 16.3. The topological polar surface area (TPSA) is 58.4 Å².